The summed E-state index contributed by atoms with van der Waals surface area (Å²) in [6.07, 6.45) is 0. The Kier molecular flexibility index (Phi) is 9.17. The average molecular weight is 377 g/mol. The van der Waals surface area contributed by atoms with Crippen LogP contribution in [-0.4, -0.2) is 69.9 Å². The summed E-state index contributed by atoms with van der Waals surface area (Å²) < 4.78 is 4.02. The Morgan fingerprint density at radius 1 is 1.04 bits per heavy atom. The number of nitrogens with zero attached hydrogens (tertiary/aromatic N) is 4. The summed E-state index contributed by atoms with van der Waals surface area (Å²) in [6, 6.07) is 0. The molecular formula is C12H24N8S3. The van der Waals surface area contributed by atoms with Crippen LogP contribution >= 0.6 is 36.0 Å². The van der Waals surface area contributed by atoms with Crippen LogP contribution in [0.5, 0.6) is 0 Å². The van der Waals surface area contributed by atoms with Crippen molar-refractivity contribution in [3.63, 3.8) is 0 Å². The van der Waals surface area contributed by atoms with Crippen molar-refractivity contribution in [2.45, 2.75) is 13.1 Å². The lowest BCUT2D eigenvalue weighted by atomic mass is 10.3. The monoisotopic (exact) mass is 376 g/mol. The number of hydrogen-bond acceptors (Lipinski definition) is 7. The fraction of sp³-hybridized carbons (Fsp3) is 0.667. The fourth-order valence-corrected chi connectivity index (χ4v) is 2.42. The second kappa shape index (κ2) is 10.6. The van der Waals surface area contributed by atoms with Gasteiger partial charge in [-0.3, -0.25) is 0 Å². The van der Waals surface area contributed by atoms with Crippen molar-refractivity contribution in [3.8, 4) is 0 Å². The molecule has 0 atom stereocenters. The van der Waals surface area contributed by atoms with Crippen molar-refractivity contribution in [3.05, 3.63) is 10.6 Å². The van der Waals surface area contributed by atoms with Gasteiger partial charge in [0.05, 0.1) is 10.6 Å². The van der Waals surface area contributed by atoms with E-state index in [9.17, 15) is 0 Å². The molecule has 0 aromatic carbocycles. The van der Waals surface area contributed by atoms with Gasteiger partial charge in [-0.1, -0.05) is 4.49 Å². The molecule has 8 nitrogen and oxygen atoms in total. The van der Waals surface area contributed by atoms with Gasteiger partial charge in [0.15, 0.2) is 10.2 Å². The molecule has 0 aliphatic heterocycles. The molecule has 6 N–H and O–H groups in total. The quantitative estimate of drug-likeness (QED) is 0.302. The Bertz CT molecular complexity index is 464. The van der Waals surface area contributed by atoms with Gasteiger partial charge < -0.3 is 31.9 Å². The average Bonchev–Trinajstić information content (AvgIpc) is 2.94. The first-order valence-corrected chi connectivity index (χ1v) is 8.73. The summed E-state index contributed by atoms with van der Waals surface area (Å²) in [4.78, 5) is 4.77. The molecule has 23 heavy (non-hydrogen) atoms. The van der Waals surface area contributed by atoms with Gasteiger partial charge in [0, 0.05) is 53.4 Å². The van der Waals surface area contributed by atoms with Crippen LogP contribution in [0, 0.1) is 0 Å². The summed E-state index contributed by atoms with van der Waals surface area (Å²) >= 11 is 11.2. The first-order valence-electron chi connectivity index (χ1n) is 7.14. The van der Waals surface area contributed by atoms with Crippen molar-refractivity contribution in [2.24, 2.45) is 11.5 Å². The van der Waals surface area contributed by atoms with Crippen LogP contribution in [0.1, 0.15) is 10.6 Å². The number of nitrogens with one attached hydrogen (secondary N) is 2. The highest BCUT2D eigenvalue weighted by molar-refractivity contribution is 7.80. The molecule has 1 aromatic heterocycles. The number of likely N-dealkylation sites (N-methyl/N-ethyl adjacent to an activating group) is 2. The predicted molar refractivity (Wildman–Crippen MR) is 102 cm³/mol. The molecule has 11 heteroatoms. The first-order chi connectivity index (χ1) is 10.9. The number of hydrogen-bond donors (Lipinski definition) is 4. The molecule has 130 valence electrons. The second-order valence-corrected chi connectivity index (χ2v) is 6.69. The van der Waals surface area contributed by atoms with Crippen LogP contribution in [0.4, 0.5) is 0 Å². The fourth-order valence-electron chi connectivity index (χ4n) is 1.62. The Labute approximate surface area is 151 Å². The van der Waals surface area contributed by atoms with Crippen molar-refractivity contribution in [1.82, 2.24) is 30.0 Å². The number of aromatic nitrogens is 2. The van der Waals surface area contributed by atoms with E-state index in [2.05, 4.69) is 20.2 Å². The molecule has 0 bridgehead atoms. The third kappa shape index (κ3) is 7.79. The number of thiocarbonyl (C=S) groups is 2. The highest BCUT2D eigenvalue weighted by Gasteiger charge is 2.08. The van der Waals surface area contributed by atoms with Crippen LogP contribution in [0.2, 0.25) is 0 Å². The van der Waals surface area contributed by atoms with Crippen molar-refractivity contribution in [2.75, 3.05) is 40.3 Å². The molecule has 0 aliphatic rings. The summed E-state index contributed by atoms with van der Waals surface area (Å²) in [5.74, 6) is 0. The molecule has 0 saturated heterocycles. The van der Waals surface area contributed by atoms with Crippen molar-refractivity contribution < 1.29 is 0 Å². The maximum absolute atomic E-state index is 5.53. The normalized spacial score (nSPS) is 10.5. The molecule has 0 fully saturated rings. The van der Waals surface area contributed by atoms with E-state index in [0.29, 0.717) is 16.8 Å². The SMILES string of the molecule is CN(CCNCc1nnsc1CNCCN(C)C(N)=S)C(N)=S. The third-order valence-electron chi connectivity index (χ3n) is 3.21. The maximum Gasteiger partial charge on any atom is 0.166 e. The van der Waals surface area contributed by atoms with Gasteiger partial charge in [-0.05, 0) is 36.0 Å². The summed E-state index contributed by atoms with van der Waals surface area (Å²) in [5.41, 5.74) is 12.0. The minimum Gasteiger partial charge on any atom is -0.376 e. The van der Waals surface area contributed by atoms with E-state index >= 15 is 0 Å². The molecule has 1 heterocycles. The van der Waals surface area contributed by atoms with E-state index in [1.807, 2.05) is 23.9 Å². The smallest absolute Gasteiger partial charge is 0.166 e. The van der Waals surface area contributed by atoms with Crippen molar-refractivity contribution >= 4 is 46.2 Å². The van der Waals surface area contributed by atoms with Gasteiger partial charge in [0.2, 0.25) is 0 Å². The van der Waals surface area contributed by atoms with E-state index in [1.165, 1.54) is 11.5 Å². The minimum atomic E-state index is 0.397. The molecule has 1 rings (SSSR count). The van der Waals surface area contributed by atoms with Crippen LogP contribution in [0.3, 0.4) is 0 Å². The number of rotatable bonds is 10. The summed E-state index contributed by atoms with van der Waals surface area (Å²) in [6.45, 7) is 4.48. The van der Waals surface area contributed by atoms with E-state index < -0.39 is 0 Å². The van der Waals surface area contributed by atoms with Gasteiger partial charge in [-0.25, -0.2) is 0 Å². The first kappa shape index (κ1) is 19.9. The van der Waals surface area contributed by atoms with Gasteiger partial charge in [0.25, 0.3) is 0 Å². The molecule has 0 radical (unpaired) electrons. The Hall–Kier alpha value is -1.14. The molecule has 0 spiro atoms. The molecule has 1 aromatic rings. The summed E-state index contributed by atoms with van der Waals surface area (Å²) in [7, 11) is 3.74. The van der Waals surface area contributed by atoms with Crippen molar-refractivity contribution in [1.29, 1.82) is 0 Å². The Balaban J connectivity index is 2.25. The molecule has 0 saturated carbocycles. The largest absolute Gasteiger partial charge is 0.376 e. The number of nitrogens with two attached hydrogens (primary N) is 2. The van der Waals surface area contributed by atoms with Gasteiger partial charge in [-0.2, -0.15) is 0 Å². The highest BCUT2D eigenvalue weighted by atomic mass is 32.1. The molecule has 0 unspecified atom stereocenters. The lowest BCUT2D eigenvalue weighted by molar-refractivity contribution is 0.479. The van der Waals surface area contributed by atoms with Crippen LogP contribution in [0.15, 0.2) is 0 Å². The van der Waals surface area contributed by atoms with Gasteiger partial charge in [-0.15, -0.1) is 5.10 Å². The second-order valence-electron chi connectivity index (χ2n) is 5.02. The van der Waals surface area contributed by atoms with Crippen LogP contribution in [0.25, 0.3) is 0 Å². The van der Waals surface area contributed by atoms with Crippen LogP contribution in [-0.2, 0) is 13.1 Å². The molecule has 0 amide bonds. The van der Waals surface area contributed by atoms with Gasteiger partial charge >= 0.3 is 0 Å². The lowest BCUT2D eigenvalue weighted by Crippen LogP contribution is -2.37. The Morgan fingerprint density at radius 2 is 1.57 bits per heavy atom. The third-order valence-corrected chi connectivity index (χ3v) is 4.60. The zero-order valence-electron chi connectivity index (χ0n) is 13.4. The Morgan fingerprint density at radius 3 is 2.09 bits per heavy atom. The lowest BCUT2D eigenvalue weighted by Gasteiger charge is -2.17. The molecule has 0 aliphatic carbocycles. The highest BCUT2D eigenvalue weighted by Crippen LogP contribution is 2.09. The zero-order chi connectivity index (χ0) is 17.2. The van der Waals surface area contributed by atoms with E-state index in [-0.39, 0.29) is 0 Å². The minimum absolute atomic E-state index is 0.397. The van der Waals surface area contributed by atoms with Crippen LogP contribution < -0.4 is 22.1 Å². The van der Waals surface area contributed by atoms with E-state index in [4.69, 9.17) is 35.9 Å². The van der Waals surface area contributed by atoms with E-state index in [1.54, 1.807) is 0 Å². The predicted octanol–water partition coefficient (Wildman–Crippen LogP) is -0.932. The molecular weight excluding hydrogens is 352 g/mol. The topological polar surface area (TPSA) is 108 Å². The van der Waals surface area contributed by atoms with Gasteiger partial charge in [0.1, 0.15) is 0 Å². The maximum atomic E-state index is 5.53. The van der Waals surface area contributed by atoms with E-state index in [0.717, 1.165) is 43.3 Å². The standard InChI is InChI=1S/C12H24N8S3/c1-19(11(13)21)5-3-15-7-9-10(23-18-17-9)8-16-4-6-20(2)12(14)22/h15-16H,3-8H2,1-2H3,(H2,13,21)(H2,14,22). The summed E-state index contributed by atoms with van der Waals surface area (Å²) in [5, 5.41) is 11.6. The zero-order valence-corrected chi connectivity index (χ0v) is 15.9.